The predicted molar refractivity (Wildman–Crippen MR) is 121 cm³/mol. The van der Waals surface area contributed by atoms with Crippen molar-refractivity contribution in [3.05, 3.63) is 82.9 Å². The van der Waals surface area contributed by atoms with Crippen molar-refractivity contribution >= 4 is 25.3 Å². The summed E-state index contributed by atoms with van der Waals surface area (Å²) in [6, 6.07) is 22.1. The topological polar surface area (TPSA) is 0 Å². The molecule has 0 N–H and O–H groups in total. The zero-order valence-electron chi connectivity index (χ0n) is 18.0. The molecule has 3 heteroatoms. The number of hydrogen-bond acceptors (Lipinski definition) is 0. The Morgan fingerprint density at radius 3 is 1.48 bits per heavy atom. The summed E-state index contributed by atoms with van der Waals surface area (Å²) in [5, 5.41) is 5.62. The molecule has 4 aromatic carbocycles. The van der Waals surface area contributed by atoms with E-state index in [1.807, 2.05) is 0 Å². The Balaban J connectivity index is 0.000000170. The van der Waals surface area contributed by atoms with E-state index in [1.54, 1.807) is 0 Å². The second kappa shape index (κ2) is 11.5. The number of aryl methyl sites for hydroxylation is 4. The first-order valence-electron chi connectivity index (χ1n) is 10.2. The minimum atomic E-state index is -3.70. The Hall–Kier alpha value is -1.73. The molecule has 0 unspecified atom stereocenters. The summed E-state index contributed by atoms with van der Waals surface area (Å²) in [6.07, 6.45) is 2.25. The molecule has 0 aliphatic heterocycles. The SMILES string of the molecule is CCc1cccc2[cH-]c(C)cc12.CCc1cccc2[cH-]c(C)cc12.C[CH]=[Zr]([F])[F]. The number of rotatable bonds is 2. The van der Waals surface area contributed by atoms with E-state index in [9.17, 15) is 5.25 Å². The Kier molecular flexibility index (Phi) is 9.30. The average molecular weight is 472 g/mol. The van der Waals surface area contributed by atoms with Gasteiger partial charge in [0.25, 0.3) is 0 Å². The molecule has 0 bridgehead atoms. The monoisotopic (exact) mass is 470 g/mol. The quantitative estimate of drug-likeness (QED) is 0.259. The van der Waals surface area contributed by atoms with E-state index in [0.717, 1.165) is 16.6 Å². The van der Waals surface area contributed by atoms with Gasteiger partial charge in [-0.05, 0) is 12.8 Å². The van der Waals surface area contributed by atoms with Crippen molar-refractivity contribution in [2.75, 3.05) is 0 Å². The van der Waals surface area contributed by atoms with Gasteiger partial charge in [0.1, 0.15) is 0 Å². The fraction of sp³-hybridized carbons (Fsp3) is 0.269. The van der Waals surface area contributed by atoms with Crippen molar-refractivity contribution in [1.82, 2.24) is 0 Å². The van der Waals surface area contributed by atoms with Gasteiger partial charge in [-0.2, -0.15) is 12.1 Å². The molecule has 0 nitrogen and oxygen atoms in total. The van der Waals surface area contributed by atoms with Crippen LogP contribution in [0, 0.1) is 13.8 Å². The molecular formula is C26H30F2Zr-2. The molecule has 0 aromatic heterocycles. The summed E-state index contributed by atoms with van der Waals surface area (Å²) >= 11 is -3.70. The number of fused-ring (bicyclic) bond motifs is 2. The van der Waals surface area contributed by atoms with Crippen LogP contribution in [0.15, 0.2) is 60.7 Å². The van der Waals surface area contributed by atoms with E-state index >= 15 is 0 Å². The number of hydrogen-bond donors (Lipinski definition) is 0. The minimum absolute atomic E-state index is 1.03. The molecule has 0 aliphatic rings. The second-order valence-corrected chi connectivity index (χ2v) is 10.0. The van der Waals surface area contributed by atoms with Crippen molar-refractivity contribution in [3.8, 4) is 0 Å². The van der Waals surface area contributed by atoms with Gasteiger partial charge in [-0.15, -0.1) is 69.1 Å². The molecule has 0 saturated carbocycles. The van der Waals surface area contributed by atoms with Gasteiger partial charge >= 0.3 is 38.4 Å². The summed E-state index contributed by atoms with van der Waals surface area (Å²) in [6.45, 7) is 10.1. The molecule has 0 atom stereocenters. The van der Waals surface area contributed by atoms with Crippen LogP contribution in [0.1, 0.15) is 43.0 Å². The van der Waals surface area contributed by atoms with Crippen LogP contribution in [0.25, 0.3) is 21.5 Å². The summed E-state index contributed by atoms with van der Waals surface area (Å²) in [7, 11) is 0. The summed E-state index contributed by atoms with van der Waals surface area (Å²) in [5.74, 6) is 0. The van der Waals surface area contributed by atoms with E-state index in [1.165, 1.54) is 50.7 Å². The maximum atomic E-state index is 10.9. The first-order valence-corrected chi connectivity index (χ1v) is 13.4. The fourth-order valence-corrected chi connectivity index (χ4v) is 3.52. The van der Waals surface area contributed by atoms with Crippen LogP contribution in [-0.4, -0.2) is 3.71 Å². The van der Waals surface area contributed by atoms with Gasteiger partial charge in [0.2, 0.25) is 0 Å². The van der Waals surface area contributed by atoms with Crippen LogP contribution in [0.4, 0.5) is 5.25 Å². The zero-order valence-corrected chi connectivity index (χ0v) is 20.5. The standard InChI is InChI=1S/2C12H13.C2H4.2FH.Zr/c2*1-3-10-5-4-6-11-7-9(2)8-12(10)11;1-2;;;/h2*4-8H,3H2,1-2H3;1H,2H3;2*1H;/q2*-1;;;;+2/p-2. The van der Waals surface area contributed by atoms with Gasteiger partial charge in [-0.1, -0.05) is 51.0 Å². The normalized spacial score (nSPS) is 10.2. The van der Waals surface area contributed by atoms with Crippen molar-refractivity contribution in [1.29, 1.82) is 0 Å². The Morgan fingerprint density at radius 1 is 0.793 bits per heavy atom. The molecule has 0 fully saturated rings. The van der Waals surface area contributed by atoms with Crippen LogP contribution in [0.3, 0.4) is 0 Å². The molecule has 0 aliphatic carbocycles. The molecule has 29 heavy (non-hydrogen) atoms. The van der Waals surface area contributed by atoms with Crippen LogP contribution >= 0.6 is 0 Å². The third kappa shape index (κ3) is 6.64. The predicted octanol–water partition coefficient (Wildman–Crippen LogP) is 8.05. The third-order valence-corrected chi connectivity index (χ3v) is 6.02. The van der Waals surface area contributed by atoms with E-state index in [4.69, 9.17) is 0 Å². The van der Waals surface area contributed by atoms with Gasteiger partial charge < -0.3 is 0 Å². The van der Waals surface area contributed by atoms with Crippen molar-refractivity contribution in [3.63, 3.8) is 0 Å². The van der Waals surface area contributed by atoms with Crippen molar-refractivity contribution in [2.45, 2.75) is 47.5 Å². The van der Waals surface area contributed by atoms with Gasteiger partial charge in [-0.3, -0.25) is 0 Å². The van der Waals surface area contributed by atoms with Crippen molar-refractivity contribution < 1.29 is 27.7 Å². The van der Waals surface area contributed by atoms with Gasteiger partial charge in [-0.25, -0.2) is 0 Å². The fourth-order valence-electron chi connectivity index (χ4n) is 3.52. The molecule has 0 amide bonds. The van der Waals surface area contributed by atoms with Gasteiger partial charge in [0.15, 0.2) is 0 Å². The van der Waals surface area contributed by atoms with Crippen LogP contribution in [0.2, 0.25) is 0 Å². The van der Waals surface area contributed by atoms with E-state index in [2.05, 4.69) is 88.4 Å². The van der Waals surface area contributed by atoms with E-state index in [0.29, 0.717) is 0 Å². The molecule has 0 heterocycles. The van der Waals surface area contributed by atoms with Gasteiger partial charge in [0.05, 0.1) is 0 Å². The van der Waals surface area contributed by atoms with E-state index in [-0.39, 0.29) is 0 Å². The molecule has 154 valence electrons. The first-order chi connectivity index (χ1) is 13.9. The second-order valence-electron chi connectivity index (χ2n) is 7.19. The van der Waals surface area contributed by atoms with Crippen molar-refractivity contribution in [2.24, 2.45) is 0 Å². The summed E-state index contributed by atoms with van der Waals surface area (Å²) in [4.78, 5) is 0. The van der Waals surface area contributed by atoms with Crippen LogP contribution < -0.4 is 0 Å². The van der Waals surface area contributed by atoms with E-state index < -0.39 is 22.5 Å². The molecule has 0 spiro atoms. The number of halogens is 2. The zero-order chi connectivity index (χ0) is 21.4. The Bertz CT molecular complexity index is 999. The number of benzene rings is 2. The van der Waals surface area contributed by atoms with Crippen LogP contribution in [-0.2, 0) is 35.3 Å². The first kappa shape index (κ1) is 23.6. The summed E-state index contributed by atoms with van der Waals surface area (Å²) in [5.41, 5.74) is 5.65. The molecule has 0 saturated heterocycles. The maximum absolute atomic E-state index is 10.9. The molecular weight excluding hydrogens is 442 g/mol. The molecule has 4 rings (SSSR count). The Labute approximate surface area is 182 Å². The van der Waals surface area contributed by atoms with Gasteiger partial charge in [0, 0.05) is 0 Å². The average Bonchev–Trinajstić information content (AvgIpc) is 3.28. The third-order valence-electron chi connectivity index (χ3n) is 4.95. The molecule has 0 radical (unpaired) electrons. The molecule has 4 aromatic rings. The Morgan fingerprint density at radius 2 is 1.17 bits per heavy atom. The summed E-state index contributed by atoms with van der Waals surface area (Å²) < 4.78 is 22.8. The van der Waals surface area contributed by atoms with Crippen LogP contribution in [0.5, 0.6) is 0 Å².